The number of nitrogens with one attached hydrogen (secondary N) is 1. The van der Waals surface area contributed by atoms with Crippen LogP contribution in [-0.2, 0) is 10.0 Å². The van der Waals surface area contributed by atoms with E-state index in [1.807, 2.05) is 0 Å². The second kappa shape index (κ2) is 4.36. The molecular weight excluding hydrogens is 284 g/mol. The molecule has 0 saturated heterocycles. The summed E-state index contributed by atoms with van der Waals surface area (Å²) in [5, 5.41) is 0.170. The molecule has 2 aliphatic carbocycles. The first kappa shape index (κ1) is 13.2. The summed E-state index contributed by atoms with van der Waals surface area (Å²) in [5.74, 6) is 0.707. The Labute approximate surface area is 118 Å². The number of benzene rings is 1. The van der Waals surface area contributed by atoms with Crippen LogP contribution >= 0.6 is 11.6 Å². The molecule has 0 spiro atoms. The Morgan fingerprint density at radius 2 is 2.05 bits per heavy atom. The molecule has 2 fully saturated rings. The summed E-state index contributed by atoms with van der Waals surface area (Å²) in [5.41, 5.74) is 6.13. The monoisotopic (exact) mass is 300 g/mol. The number of hydrogen-bond acceptors (Lipinski definition) is 3. The predicted molar refractivity (Wildman–Crippen MR) is 75.4 cm³/mol. The molecule has 1 aromatic carbocycles. The fraction of sp³-hybridized carbons (Fsp3) is 0.538. The third-order valence-corrected chi connectivity index (χ3v) is 6.16. The maximum atomic E-state index is 12.3. The lowest BCUT2D eigenvalue weighted by Crippen LogP contribution is -2.31. The molecule has 0 atom stereocenters. The molecule has 19 heavy (non-hydrogen) atoms. The average Bonchev–Trinajstić information content (AvgIpc) is 3.19. The van der Waals surface area contributed by atoms with Crippen molar-refractivity contribution < 1.29 is 8.42 Å². The maximum absolute atomic E-state index is 12.3. The topological polar surface area (TPSA) is 72.2 Å². The van der Waals surface area contributed by atoms with E-state index in [4.69, 9.17) is 17.3 Å². The SMILES string of the molecule is Nc1cccc(Cl)c1S(=O)(=O)NCC1(C2CC2)CC1. The van der Waals surface area contributed by atoms with Gasteiger partial charge in [0.2, 0.25) is 10.0 Å². The van der Waals surface area contributed by atoms with Gasteiger partial charge in [0.05, 0.1) is 10.7 Å². The van der Waals surface area contributed by atoms with Gasteiger partial charge >= 0.3 is 0 Å². The quantitative estimate of drug-likeness (QED) is 0.820. The third-order valence-electron chi connectivity index (χ3n) is 4.22. The summed E-state index contributed by atoms with van der Waals surface area (Å²) < 4.78 is 27.3. The molecule has 0 aromatic heterocycles. The van der Waals surface area contributed by atoms with Crippen molar-refractivity contribution >= 4 is 27.3 Å². The van der Waals surface area contributed by atoms with Gasteiger partial charge in [-0.3, -0.25) is 0 Å². The van der Waals surface area contributed by atoms with E-state index < -0.39 is 10.0 Å². The minimum atomic E-state index is -3.63. The molecule has 0 radical (unpaired) electrons. The van der Waals surface area contributed by atoms with Gasteiger partial charge < -0.3 is 5.73 Å². The van der Waals surface area contributed by atoms with Crippen molar-refractivity contribution in [2.75, 3.05) is 12.3 Å². The maximum Gasteiger partial charge on any atom is 0.244 e. The van der Waals surface area contributed by atoms with Crippen molar-refractivity contribution in [3.05, 3.63) is 23.2 Å². The van der Waals surface area contributed by atoms with E-state index in [9.17, 15) is 8.42 Å². The van der Waals surface area contributed by atoms with E-state index in [1.165, 1.54) is 12.8 Å². The van der Waals surface area contributed by atoms with Crippen LogP contribution in [0.15, 0.2) is 23.1 Å². The highest BCUT2D eigenvalue weighted by Crippen LogP contribution is 2.60. The second-order valence-corrected chi connectivity index (χ2v) is 7.73. The fourth-order valence-corrected chi connectivity index (χ4v) is 4.52. The van der Waals surface area contributed by atoms with Crippen LogP contribution in [0.2, 0.25) is 5.02 Å². The highest BCUT2D eigenvalue weighted by atomic mass is 35.5. The number of rotatable bonds is 5. The van der Waals surface area contributed by atoms with Crippen LogP contribution in [0.25, 0.3) is 0 Å². The van der Waals surface area contributed by atoms with Crippen LogP contribution in [0.4, 0.5) is 5.69 Å². The van der Waals surface area contributed by atoms with Crippen molar-refractivity contribution in [2.45, 2.75) is 30.6 Å². The van der Waals surface area contributed by atoms with Gasteiger partial charge in [-0.2, -0.15) is 0 Å². The first-order chi connectivity index (χ1) is 8.95. The molecule has 4 nitrogen and oxygen atoms in total. The number of nitrogens with two attached hydrogens (primary N) is 1. The zero-order valence-electron chi connectivity index (χ0n) is 10.5. The van der Waals surface area contributed by atoms with Crippen LogP contribution in [0.1, 0.15) is 25.7 Å². The van der Waals surface area contributed by atoms with E-state index in [2.05, 4.69) is 4.72 Å². The number of hydrogen-bond donors (Lipinski definition) is 2. The van der Waals surface area contributed by atoms with Crippen LogP contribution < -0.4 is 10.5 Å². The molecule has 104 valence electrons. The Balaban J connectivity index is 1.79. The normalized spacial score (nSPS) is 21.3. The van der Waals surface area contributed by atoms with Crippen LogP contribution in [0.3, 0.4) is 0 Å². The largest absolute Gasteiger partial charge is 0.398 e. The van der Waals surface area contributed by atoms with E-state index in [1.54, 1.807) is 18.2 Å². The summed E-state index contributed by atoms with van der Waals surface area (Å²) in [6.07, 6.45) is 4.71. The van der Waals surface area contributed by atoms with E-state index in [0.29, 0.717) is 12.5 Å². The van der Waals surface area contributed by atoms with Gasteiger partial charge in [-0.25, -0.2) is 13.1 Å². The Bertz CT molecular complexity index is 587. The number of nitrogen functional groups attached to an aromatic ring is 1. The lowest BCUT2D eigenvalue weighted by Gasteiger charge is -2.16. The molecule has 0 unspecified atom stereocenters. The van der Waals surface area contributed by atoms with Gasteiger partial charge in [-0.15, -0.1) is 0 Å². The molecule has 2 saturated carbocycles. The molecule has 2 aliphatic rings. The van der Waals surface area contributed by atoms with Crippen molar-refractivity contribution in [3.8, 4) is 0 Å². The van der Waals surface area contributed by atoms with Crippen molar-refractivity contribution in [3.63, 3.8) is 0 Å². The lowest BCUT2D eigenvalue weighted by atomic mass is 10.0. The Kier molecular flexibility index (Phi) is 3.04. The molecule has 1 aromatic rings. The molecule has 3 rings (SSSR count). The van der Waals surface area contributed by atoms with E-state index in [0.717, 1.165) is 12.8 Å². The summed E-state index contributed by atoms with van der Waals surface area (Å²) in [4.78, 5) is 0.00302. The highest BCUT2D eigenvalue weighted by molar-refractivity contribution is 7.89. The minimum Gasteiger partial charge on any atom is -0.398 e. The molecular formula is C13H17ClN2O2S. The highest BCUT2D eigenvalue weighted by Gasteiger charge is 2.53. The van der Waals surface area contributed by atoms with E-state index in [-0.39, 0.29) is 21.0 Å². The fourth-order valence-electron chi connectivity index (χ4n) is 2.71. The number of halogens is 1. The summed E-state index contributed by atoms with van der Waals surface area (Å²) in [6, 6.07) is 4.73. The minimum absolute atomic E-state index is 0.00302. The standard InChI is InChI=1S/C13H17ClN2O2S/c14-10-2-1-3-11(15)12(10)19(17,18)16-8-13(6-7-13)9-4-5-9/h1-3,9,16H,4-8,15H2. The van der Waals surface area contributed by atoms with Gasteiger partial charge in [0.15, 0.2) is 0 Å². The van der Waals surface area contributed by atoms with E-state index >= 15 is 0 Å². The molecule has 0 aliphatic heterocycles. The summed E-state index contributed by atoms with van der Waals surface area (Å²) in [7, 11) is -3.63. The molecule has 0 amide bonds. The Hall–Kier alpha value is -0.780. The lowest BCUT2D eigenvalue weighted by molar-refractivity contribution is 0.432. The Morgan fingerprint density at radius 1 is 1.37 bits per heavy atom. The van der Waals surface area contributed by atoms with Gasteiger partial charge in [0.1, 0.15) is 4.90 Å². The van der Waals surface area contributed by atoms with Crippen molar-refractivity contribution in [1.82, 2.24) is 4.72 Å². The number of sulfonamides is 1. The Morgan fingerprint density at radius 3 is 2.58 bits per heavy atom. The first-order valence-electron chi connectivity index (χ1n) is 6.48. The van der Waals surface area contributed by atoms with Gasteiger partial charge in [0, 0.05) is 6.54 Å². The van der Waals surface area contributed by atoms with Crippen molar-refractivity contribution in [2.24, 2.45) is 11.3 Å². The van der Waals surface area contributed by atoms with Gasteiger partial charge in [-0.1, -0.05) is 17.7 Å². The average molecular weight is 301 g/mol. The zero-order valence-corrected chi connectivity index (χ0v) is 12.1. The summed E-state index contributed by atoms with van der Waals surface area (Å²) >= 11 is 5.96. The third kappa shape index (κ3) is 2.47. The molecule has 0 heterocycles. The second-order valence-electron chi connectivity index (χ2n) is 5.62. The van der Waals surface area contributed by atoms with Crippen LogP contribution in [0.5, 0.6) is 0 Å². The zero-order chi connectivity index (χ0) is 13.7. The predicted octanol–water partition coefficient (Wildman–Crippen LogP) is 2.39. The first-order valence-corrected chi connectivity index (χ1v) is 8.34. The number of anilines is 1. The molecule has 0 bridgehead atoms. The van der Waals surface area contributed by atoms with Crippen LogP contribution in [-0.4, -0.2) is 15.0 Å². The molecule has 3 N–H and O–H groups in total. The molecule has 6 heteroatoms. The smallest absolute Gasteiger partial charge is 0.244 e. The van der Waals surface area contributed by atoms with Crippen molar-refractivity contribution in [1.29, 1.82) is 0 Å². The van der Waals surface area contributed by atoms with Crippen LogP contribution in [0, 0.1) is 11.3 Å². The van der Waals surface area contributed by atoms with Gasteiger partial charge in [-0.05, 0) is 49.1 Å². The summed E-state index contributed by atoms with van der Waals surface area (Å²) in [6.45, 7) is 0.505. The van der Waals surface area contributed by atoms with Gasteiger partial charge in [0.25, 0.3) is 0 Å².